The predicted octanol–water partition coefficient (Wildman–Crippen LogP) is 0.881. The van der Waals surface area contributed by atoms with Crippen molar-refractivity contribution < 1.29 is 23.9 Å². The third-order valence-corrected chi connectivity index (χ3v) is 3.87. The third kappa shape index (κ3) is 8.52. The van der Waals surface area contributed by atoms with Gasteiger partial charge in [0.2, 0.25) is 5.91 Å². The molecule has 5 N–H and O–H groups in total. The number of nitrogens with one attached hydrogen (secondary N) is 3. The van der Waals surface area contributed by atoms with E-state index in [9.17, 15) is 19.2 Å². The molecule has 158 valence electrons. The van der Waals surface area contributed by atoms with Crippen LogP contribution < -0.4 is 26.7 Å². The molecule has 0 radical (unpaired) electrons. The lowest BCUT2D eigenvalue weighted by Crippen LogP contribution is -2.41. The first kappa shape index (κ1) is 23.8. The fraction of sp³-hybridized carbons (Fsp3) is 0.421. The summed E-state index contributed by atoms with van der Waals surface area (Å²) in [4.78, 5) is 47.2. The second-order valence-corrected chi connectivity index (χ2v) is 7.22. The van der Waals surface area contributed by atoms with Crippen LogP contribution in [0.15, 0.2) is 29.4 Å². The van der Waals surface area contributed by atoms with Crippen molar-refractivity contribution in [2.75, 3.05) is 12.4 Å². The second kappa shape index (κ2) is 10.9. The number of hydrazone groups is 1. The minimum absolute atomic E-state index is 0.0290. The Kier molecular flexibility index (Phi) is 8.94. The van der Waals surface area contributed by atoms with Crippen LogP contribution in [0.25, 0.3) is 0 Å². The number of ketones is 1. The summed E-state index contributed by atoms with van der Waals surface area (Å²) in [7, 11) is 1.54. The van der Waals surface area contributed by atoms with Crippen LogP contribution in [0, 0.1) is 5.41 Å². The number of carbonyl (C=O) groups excluding carboxylic acids is 4. The number of benzene rings is 1. The fourth-order valence-electron chi connectivity index (χ4n) is 2.04. The molecule has 0 saturated heterocycles. The van der Waals surface area contributed by atoms with Gasteiger partial charge in [-0.3, -0.25) is 24.6 Å². The molecule has 0 fully saturated rings. The molecular weight excluding hydrogens is 378 g/mol. The van der Waals surface area contributed by atoms with Crippen LogP contribution in [0.5, 0.6) is 5.75 Å². The summed E-state index contributed by atoms with van der Waals surface area (Å²) in [6.07, 6.45) is 0.0828. The number of nitrogens with two attached hydrogens (primary N) is 1. The number of hydrogen-bond donors (Lipinski definition) is 4. The quantitative estimate of drug-likeness (QED) is 0.166. The molecule has 0 unspecified atom stereocenters. The van der Waals surface area contributed by atoms with Crippen molar-refractivity contribution in [1.82, 2.24) is 10.9 Å². The number of anilines is 1. The Labute approximate surface area is 169 Å². The number of hydrogen-bond acceptors (Lipinski definition) is 7. The minimum Gasteiger partial charge on any atom is -0.497 e. The maximum absolute atomic E-state index is 12.3. The normalized spacial score (nSPS) is 11.4. The van der Waals surface area contributed by atoms with E-state index in [0.717, 1.165) is 0 Å². The number of methoxy groups -OCH3 is 1. The first-order chi connectivity index (χ1) is 13.6. The minimum atomic E-state index is -1.08. The molecule has 0 heterocycles. The zero-order chi connectivity index (χ0) is 22.0. The molecule has 0 aliphatic rings. The van der Waals surface area contributed by atoms with Crippen molar-refractivity contribution in [2.24, 2.45) is 16.4 Å². The fourth-order valence-corrected chi connectivity index (χ4v) is 2.04. The van der Waals surface area contributed by atoms with E-state index in [-0.39, 0.29) is 36.7 Å². The summed E-state index contributed by atoms with van der Waals surface area (Å²) in [5.74, 6) is 2.98. The summed E-state index contributed by atoms with van der Waals surface area (Å²) < 4.78 is 5.06. The molecule has 0 aliphatic carbocycles. The number of hydrazine groups is 1. The van der Waals surface area contributed by atoms with Crippen molar-refractivity contribution in [3.63, 3.8) is 0 Å². The molecule has 29 heavy (non-hydrogen) atoms. The number of Topliss-reactive ketones (excluding diaryl/α,β-unsaturated/α-hetero) is 1. The highest BCUT2D eigenvalue weighted by atomic mass is 16.5. The van der Waals surface area contributed by atoms with Crippen molar-refractivity contribution in [3.8, 4) is 5.75 Å². The number of ether oxygens (including phenoxy) is 1. The summed E-state index contributed by atoms with van der Waals surface area (Å²) in [6, 6.07) is 6.81. The maximum Gasteiger partial charge on any atom is 0.330 e. The number of nitrogens with zero attached hydrogens (tertiary/aromatic N) is 1. The maximum atomic E-state index is 12.3. The Morgan fingerprint density at radius 3 is 2.17 bits per heavy atom. The van der Waals surface area contributed by atoms with Crippen LogP contribution >= 0.6 is 0 Å². The molecule has 1 aromatic carbocycles. The summed E-state index contributed by atoms with van der Waals surface area (Å²) in [6.45, 7) is 5.26. The molecule has 10 heteroatoms. The van der Waals surface area contributed by atoms with Gasteiger partial charge in [0.15, 0.2) is 0 Å². The predicted molar refractivity (Wildman–Crippen MR) is 108 cm³/mol. The first-order valence-corrected chi connectivity index (χ1v) is 8.90. The van der Waals surface area contributed by atoms with Gasteiger partial charge in [0.25, 0.3) is 0 Å². The van der Waals surface area contributed by atoms with Gasteiger partial charge < -0.3 is 10.1 Å². The van der Waals surface area contributed by atoms with E-state index in [2.05, 4.69) is 10.4 Å². The van der Waals surface area contributed by atoms with E-state index in [1.54, 1.807) is 57.6 Å². The van der Waals surface area contributed by atoms with Crippen molar-refractivity contribution >= 4 is 34.9 Å². The Morgan fingerprint density at radius 1 is 1.03 bits per heavy atom. The smallest absolute Gasteiger partial charge is 0.330 e. The van der Waals surface area contributed by atoms with Gasteiger partial charge in [-0.25, -0.2) is 11.3 Å². The molecule has 0 aliphatic heterocycles. The van der Waals surface area contributed by atoms with E-state index in [1.165, 1.54) is 0 Å². The van der Waals surface area contributed by atoms with Crippen molar-refractivity contribution in [1.29, 1.82) is 0 Å². The summed E-state index contributed by atoms with van der Waals surface area (Å²) in [5.41, 5.74) is 3.96. The zero-order valence-electron chi connectivity index (χ0n) is 17.0. The van der Waals surface area contributed by atoms with E-state index in [1.807, 2.05) is 5.43 Å². The SMILES string of the molecule is COc1ccc(NC(=O)CCC(CC(=O)C(C)(C)C)=NNC(=O)C(=O)NN)cc1. The molecule has 10 nitrogen and oxygen atoms in total. The number of carbonyl (C=O) groups is 4. The second-order valence-electron chi connectivity index (χ2n) is 7.22. The summed E-state index contributed by atoms with van der Waals surface area (Å²) in [5, 5.41) is 6.55. The van der Waals surface area contributed by atoms with Gasteiger partial charge in [-0.15, -0.1) is 0 Å². The lowest BCUT2D eigenvalue weighted by molar-refractivity contribution is -0.139. The van der Waals surface area contributed by atoms with Gasteiger partial charge in [0.05, 0.1) is 7.11 Å². The van der Waals surface area contributed by atoms with Gasteiger partial charge in [-0.2, -0.15) is 5.10 Å². The molecule has 0 atom stereocenters. The molecule has 0 spiro atoms. The van der Waals surface area contributed by atoms with Crippen LogP contribution in [0.4, 0.5) is 5.69 Å². The van der Waals surface area contributed by atoms with Gasteiger partial charge in [-0.1, -0.05) is 20.8 Å². The average molecular weight is 405 g/mol. The molecule has 3 amide bonds. The molecule has 1 rings (SSSR count). The Balaban J connectivity index is 2.76. The van der Waals surface area contributed by atoms with E-state index in [0.29, 0.717) is 11.4 Å². The average Bonchev–Trinajstić information content (AvgIpc) is 2.68. The van der Waals surface area contributed by atoms with Gasteiger partial charge >= 0.3 is 11.8 Å². The molecule has 0 saturated carbocycles. The highest BCUT2D eigenvalue weighted by molar-refractivity contribution is 6.34. The summed E-state index contributed by atoms with van der Waals surface area (Å²) >= 11 is 0. The van der Waals surface area contributed by atoms with Crippen LogP contribution in [0.3, 0.4) is 0 Å². The van der Waals surface area contributed by atoms with Crippen molar-refractivity contribution in [2.45, 2.75) is 40.0 Å². The Hall–Kier alpha value is -3.27. The molecule has 0 aromatic heterocycles. The van der Waals surface area contributed by atoms with E-state index >= 15 is 0 Å². The highest BCUT2D eigenvalue weighted by Gasteiger charge is 2.23. The van der Waals surface area contributed by atoms with Gasteiger partial charge in [0.1, 0.15) is 11.5 Å². The van der Waals surface area contributed by atoms with Gasteiger partial charge in [0, 0.05) is 29.7 Å². The Morgan fingerprint density at radius 2 is 1.66 bits per heavy atom. The van der Waals surface area contributed by atoms with E-state index < -0.39 is 17.2 Å². The van der Waals surface area contributed by atoms with Crippen LogP contribution in [0.2, 0.25) is 0 Å². The zero-order valence-corrected chi connectivity index (χ0v) is 17.0. The van der Waals surface area contributed by atoms with Crippen molar-refractivity contribution in [3.05, 3.63) is 24.3 Å². The standard InChI is InChI=1S/C19H27N5O5/c1-19(2,3)15(25)11-13(23-24-18(28)17(27)22-20)7-10-16(26)21-12-5-8-14(29-4)9-6-12/h5-6,8-9H,7,10-11,20H2,1-4H3,(H,21,26)(H,22,27)(H,24,28). The van der Waals surface area contributed by atoms with Gasteiger partial charge in [-0.05, 0) is 30.7 Å². The molecule has 0 bridgehead atoms. The van der Waals surface area contributed by atoms with Crippen LogP contribution in [-0.2, 0) is 19.2 Å². The molecular formula is C19H27N5O5. The lowest BCUT2D eigenvalue weighted by Gasteiger charge is -2.17. The topological polar surface area (TPSA) is 152 Å². The highest BCUT2D eigenvalue weighted by Crippen LogP contribution is 2.18. The number of rotatable bonds is 8. The van der Waals surface area contributed by atoms with Crippen LogP contribution in [-0.4, -0.2) is 36.3 Å². The van der Waals surface area contributed by atoms with Crippen LogP contribution in [0.1, 0.15) is 40.0 Å². The third-order valence-electron chi connectivity index (χ3n) is 3.87. The Bertz CT molecular complexity index is 781. The largest absolute Gasteiger partial charge is 0.497 e. The first-order valence-electron chi connectivity index (χ1n) is 8.90. The monoisotopic (exact) mass is 405 g/mol. The number of amides is 3. The lowest BCUT2D eigenvalue weighted by atomic mass is 9.87. The van der Waals surface area contributed by atoms with E-state index in [4.69, 9.17) is 10.6 Å². The molecule has 1 aromatic rings.